The number of halogens is 3. The number of anilines is 2. The Kier molecular flexibility index (Phi) is 6.58. The molecule has 7 nitrogen and oxygen atoms in total. The minimum absolute atomic E-state index is 0.0430. The number of benzene rings is 1. The second kappa shape index (κ2) is 9.74. The number of hydrogen-bond donors (Lipinski definition) is 0. The van der Waals surface area contributed by atoms with Gasteiger partial charge in [0, 0.05) is 44.3 Å². The first kappa shape index (κ1) is 23.0. The zero-order valence-corrected chi connectivity index (χ0v) is 18.5. The third-order valence-corrected chi connectivity index (χ3v) is 5.10. The molecule has 34 heavy (non-hydrogen) atoms. The molecule has 0 atom stereocenters. The molecule has 0 bridgehead atoms. The average Bonchev–Trinajstić information content (AvgIpc) is 3.34. The highest BCUT2D eigenvalue weighted by Crippen LogP contribution is 2.36. The first-order chi connectivity index (χ1) is 16.4. The molecule has 3 heterocycles. The molecule has 0 aliphatic heterocycles. The van der Waals surface area contributed by atoms with Crippen LogP contribution in [0.5, 0.6) is 0 Å². The number of hydrogen-bond acceptors (Lipinski definition) is 7. The topological polar surface area (TPSA) is 71.2 Å². The molecule has 4 rings (SSSR count). The van der Waals surface area contributed by atoms with Crippen LogP contribution in [0.25, 0.3) is 22.6 Å². The molecule has 0 aliphatic carbocycles. The SMILES string of the molecule is C=CN(Cc1ccc(-c2nnc(C(F)F)o2)cn1)c1cc(F)c(-c2ccncc2)cc1N(C)C. The van der Waals surface area contributed by atoms with Gasteiger partial charge in [-0.05, 0) is 42.1 Å². The summed E-state index contributed by atoms with van der Waals surface area (Å²) in [6.07, 6.45) is 3.44. The summed E-state index contributed by atoms with van der Waals surface area (Å²) in [6.45, 7) is 4.17. The van der Waals surface area contributed by atoms with Gasteiger partial charge in [-0.2, -0.15) is 8.78 Å². The van der Waals surface area contributed by atoms with Gasteiger partial charge < -0.3 is 14.2 Å². The van der Waals surface area contributed by atoms with E-state index in [2.05, 4.69) is 26.7 Å². The van der Waals surface area contributed by atoms with Crippen molar-refractivity contribution in [3.63, 3.8) is 0 Å². The van der Waals surface area contributed by atoms with E-state index in [0.717, 1.165) is 11.3 Å². The lowest BCUT2D eigenvalue weighted by atomic mass is 10.0. The zero-order valence-electron chi connectivity index (χ0n) is 18.5. The van der Waals surface area contributed by atoms with E-state index in [1.807, 2.05) is 19.0 Å². The van der Waals surface area contributed by atoms with Crippen molar-refractivity contribution < 1.29 is 17.6 Å². The first-order valence-corrected chi connectivity index (χ1v) is 10.2. The van der Waals surface area contributed by atoms with E-state index in [4.69, 9.17) is 4.42 Å². The Bertz CT molecular complexity index is 1280. The van der Waals surface area contributed by atoms with E-state index in [1.165, 1.54) is 12.3 Å². The Morgan fingerprint density at radius 3 is 2.38 bits per heavy atom. The molecule has 10 heteroatoms. The summed E-state index contributed by atoms with van der Waals surface area (Å²) in [5, 5.41) is 6.94. The van der Waals surface area contributed by atoms with Gasteiger partial charge in [-0.1, -0.05) is 6.58 Å². The van der Waals surface area contributed by atoms with Crippen molar-refractivity contribution >= 4 is 11.4 Å². The molecule has 3 aromatic heterocycles. The van der Waals surface area contributed by atoms with Crippen molar-refractivity contribution in [1.82, 2.24) is 20.2 Å². The van der Waals surface area contributed by atoms with Gasteiger partial charge in [0.1, 0.15) is 5.82 Å². The van der Waals surface area contributed by atoms with Crippen LogP contribution in [0.3, 0.4) is 0 Å². The van der Waals surface area contributed by atoms with Gasteiger partial charge in [0.05, 0.1) is 29.2 Å². The maximum absolute atomic E-state index is 15.1. The molecule has 0 radical (unpaired) electrons. The lowest BCUT2D eigenvalue weighted by Crippen LogP contribution is -2.20. The summed E-state index contributed by atoms with van der Waals surface area (Å²) < 4.78 is 45.4. The largest absolute Gasteiger partial charge is 0.415 e. The van der Waals surface area contributed by atoms with Crippen molar-refractivity contribution in [2.75, 3.05) is 23.9 Å². The van der Waals surface area contributed by atoms with Gasteiger partial charge in [0.25, 0.3) is 5.89 Å². The Morgan fingerprint density at radius 2 is 1.79 bits per heavy atom. The van der Waals surface area contributed by atoms with Crippen LogP contribution in [-0.4, -0.2) is 34.3 Å². The van der Waals surface area contributed by atoms with Gasteiger partial charge in [0.2, 0.25) is 5.89 Å². The number of nitrogens with zero attached hydrogens (tertiary/aromatic N) is 6. The quantitative estimate of drug-likeness (QED) is 0.340. The molecule has 0 amide bonds. The van der Waals surface area contributed by atoms with E-state index < -0.39 is 12.3 Å². The number of rotatable bonds is 8. The summed E-state index contributed by atoms with van der Waals surface area (Å²) in [7, 11) is 3.75. The van der Waals surface area contributed by atoms with Crippen LogP contribution in [0, 0.1) is 5.82 Å². The highest BCUT2D eigenvalue weighted by molar-refractivity contribution is 5.79. The summed E-state index contributed by atoms with van der Waals surface area (Å²) in [5.74, 6) is -1.17. The predicted octanol–water partition coefficient (Wildman–Crippen LogP) is 5.49. The van der Waals surface area contributed by atoms with Crippen molar-refractivity contribution in [3.05, 3.63) is 85.2 Å². The maximum atomic E-state index is 15.1. The fraction of sp³-hybridized carbons (Fsp3) is 0.167. The standard InChI is InChI=1S/C24H21F3N6O/c1-4-33(14-17-6-5-16(13-29-17)23-30-31-24(34-23)22(26)27)21-12-19(25)18(11-20(21)32(2)3)15-7-9-28-10-8-15/h4-13,22H,1,14H2,2-3H3. The Labute approximate surface area is 194 Å². The van der Waals surface area contributed by atoms with E-state index in [-0.39, 0.29) is 11.7 Å². The van der Waals surface area contributed by atoms with Crippen LogP contribution in [0.15, 0.2) is 72.2 Å². The molecular weight excluding hydrogens is 445 g/mol. The molecule has 4 aromatic rings. The third kappa shape index (κ3) is 4.75. The lowest BCUT2D eigenvalue weighted by Gasteiger charge is -2.27. The minimum Gasteiger partial charge on any atom is -0.415 e. The smallest absolute Gasteiger partial charge is 0.314 e. The van der Waals surface area contributed by atoms with Gasteiger partial charge >= 0.3 is 6.43 Å². The molecular formula is C24H21F3N6O. The lowest BCUT2D eigenvalue weighted by molar-refractivity contribution is 0.116. The second-order valence-electron chi connectivity index (χ2n) is 7.55. The second-order valence-corrected chi connectivity index (χ2v) is 7.55. The van der Waals surface area contributed by atoms with Crippen LogP contribution in [0.1, 0.15) is 18.0 Å². The van der Waals surface area contributed by atoms with Crippen LogP contribution in [0.2, 0.25) is 0 Å². The van der Waals surface area contributed by atoms with Crippen molar-refractivity contribution in [1.29, 1.82) is 0 Å². The Hall–Kier alpha value is -4.21. The Balaban J connectivity index is 1.62. The van der Waals surface area contributed by atoms with Crippen LogP contribution >= 0.6 is 0 Å². The van der Waals surface area contributed by atoms with Crippen molar-refractivity contribution in [3.8, 4) is 22.6 Å². The molecule has 0 spiro atoms. The summed E-state index contributed by atoms with van der Waals surface area (Å²) in [6, 6.07) is 10.1. The highest BCUT2D eigenvalue weighted by Gasteiger charge is 2.19. The van der Waals surface area contributed by atoms with Crippen molar-refractivity contribution in [2.45, 2.75) is 13.0 Å². The van der Waals surface area contributed by atoms with Gasteiger partial charge in [-0.25, -0.2) is 4.39 Å². The molecule has 0 fully saturated rings. The van der Waals surface area contributed by atoms with Gasteiger partial charge in [-0.15, -0.1) is 10.2 Å². The fourth-order valence-electron chi connectivity index (χ4n) is 3.40. The third-order valence-electron chi connectivity index (χ3n) is 5.10. The number of aromatic nitrogens is 4. The van der Waals surface area contributed by atoms with Crippen LogP contribution < -0.4 is 9.80 Å². The Morgan fingerprint density at radius 1 is 1.03 bits per heavy atom. The normalized spacial score (nSPS) is 11.0. The molecule has 0 saturated carbocycles. The molecule has 174 valence electrons. The maximum Gasteiger partial charge on any atom is 0.314 e. The number of pyridine rings is 2. The minimum atomic E-state index is -2.84. The monoisotopic (exact) mass is 466 g/mol. The summed E-state index contributed by atoms with van der Waals surface area (Å²) in [5.41, 5.74) is 3.63. The van der Waals surface area contributed by atoms with Crippen molar-refractivity contribution in [2.24, 2.45) is 0 Å². The summed E-state index contributed by atoms with van der Waals surface area (Å²) in [4.78, 5) is 12.0. The van der Waals surface area contributed by atoms with E-state index >= 15 is 4.39 Å². The van der Waals surface area contributed by atoms with Crippen LogP contribution in [0.4, 0.5) is 24.5 Å². The molecule has 0 N–H and O–H groups in total. The summed E-state index contributed by atoms with van der Waals surface area (Å²) >= 11 is 0. The number of alkyl halides is 2. The fourth-order valence-corrected chi connectivity index (χ4v) is 3.40. The van der Waals surface area contributed by atoms with E-state index in [1.54, 1.807) is 53.8 Å². The predicted molar refractivity (Wildman–Crippen MR) is 123 cm³/mol. The van der Waals surface area contributed by atoms with E-state index in [0.29, 0.717) is 29.1 Å². The zero-order chi connectivity index (χ0) is 24.2. The first-order valence-electron chi connectivity index (χ1n) is 10.2. The molecule has 1 aromatic carbocycles. The van der Waals surface area contributed by atoms with Crippen LogP contribution in [-0.2, 0) is 6.54 Å². The molecule has 0 unspecified atom stereocenters. The highest BCUT2D eigenvalue weighted by atomic mass is 19.3. The van der Waals surface area contributed by atoms with Gasteiger partial charge in [-0.3, -0.25) is 9.97 Å². The average molecular weight is 466 g/mol. The molecule has 0 aliphatic rings. The van der Waals surface area contributed by atoms with Gasteiger partial charge in [0.15, 0.2) is 0 Å². The molecule has 0 saturated heterocycles. The van der Waals surface area contributed by atoms with E-state index in [9.17, 15) is 8.78 Å².